The summed E-state index contributed by atoms with van der Waals surface area (Å²) in [7, 11) is 1.55. The minimum Gasteiger partial charge on any atom is -0.387 e. The smallest absolute Gasteiger partial charge is 0.387 e. The van der Waals surface area contributed by atoms with Crippen molar-refractivity contribution < 1.29 is 32.9 Å². The van der Waals surface area contributed by atoms with Crippen molar-refractivity contribution in [3.63, 3.8) is 0 Å². The predicted molar refractivity (Wildman–Crippen MR) is 382 cm³/mol. The highest BCUT2D eigenvalue weighted by atomic mass is 31.2. The van der Waals surface area contributed by atoms with Crippen molar-refractivity contribution in [3.05, 3.63) is 122 Å². The van der Waals surface area contributed by atoms with Gasteiger partial charge in [-0.2, -0.15) is 0 Å². The Morgan fingerprint density at radius 1 is 0.402 bits per heavy atom. The Labute approximate surface area is 539 Å². The van der Waals surface area contributed by atoms with E-state index in [9.17, 15) is 19.4 Å². The molecular formula is C78H140N2O6P+. The molecule has 0 fully saturated rings. The molecule has 0 aliphatic heterocycles. The third-order valence-corrected chi connectivity index (χ3v) is 16.9. The number of nitrogens with zero attached hydrogens (tertiary/aromatic N) is 1. The van der Waals surface area contributed by atoms with Gasteiger partial charge in [0.15, 0.2) is 0 Å². The van der Waals surface area contributed by atoms with Crippen molar-refractivity contribution in [2.45, 2.75) is 328 Å². The fourth-order valence-corrected chi connectivity index (χ4v) is 11.0. The Hall–Kier alpha value is -3.10. The van der Waals surface area contributed by atoms with Crippen molar-refractivity contribution in [3.8, 4) is 0 Å². The zero-order chi connectivity index (χ0) is 63.4. The van der Waals surface area contributed by atoms with Gasteiger partial charge in [-0.3, -0.25) is 13.8 Å². The number of hydrogen-bond donors (Lipinski definition) is 3. The molecule has 9 heteroatoms. The molecule has 3 atom stereocenters. The summed E-state index contributed by atoms with van der Waals surface area (Å²) in [6.45, 7) is 4.71. The van der Waals surface area contributed by atoms with Crippen LogP contribution in [0.15, 0.2) is 122 Å². The molecular weight excluding hydrogens is 1090 g/mol. The van der Waals surface area contributed by atoms with Crippen LogP contribution in [0.3, 0.4) is 0 Å². The first-order chi connectivity index (χ1) is 42.5. The number of carbonyl (C=O) groups excluding carboxylic acids is 1. The summed E-state index contributed by atoms with van der Waals surface area (Å²) >= 11 is 0. The molecule has 8 nitrogen and oxygen atoms in total. The second-order valence-corrected chi connectivity index (χ2v) is 27.0. The van der Waals surface area contributed by atoms with Gasteiger partial charge in [0.1, 0.15) is 13.2 Å². The highest BCUT2D eigenvalue weighted by Gasteiger charge is 2.28. The van der Waals surface area contributed by atoms with Crippen LogP contribution in [0.5, 0.6) is 0 Å². The molecule has 0 aromatic carbocycles. The van der Waals surface area contributed by atoms with Crippen molar-refractivity contribution in [2.75, 3.05) is 40.9 Å². The molecule has 502 valence electrons. The van der Waals surface area contributed by atoms with Gasteiger partial charge in [0.2, 0.25) is 5.91 Å². The van der Waals surface area contributed by atoms with Crippen molar-refractivity contribution in [1.82, 2.24) is 5.32 Å². The summed E-state index contributed by atoms with van der Waals surface area (Å²) in [5.74, 6) is -0.188. The number of aliphatic hydroxyl groups is 1. The molecule has 3 N–H and O–H groups in total. The Bertz CT molecular complexity index is 1840. The van der Waals surface area contributed by atoms with Crippen LogP contribution in [0.1, 0.15) is 316 Å². The lowest BCUT2D eigenvalue weighted by Crippen LogP contribution is -2.45. The van der Waals surface area contributed by atoms with E-state index in [0.29, 0.717) is 17.4 Å². The van der Waals surface area contributed by atoms with Gasteiger partial charge in [0, 0.05) is 6.42 Å². The molecule has 0 radical (unpaired) electrons. The maximum absolute atomic E-state index is 13.1. The maximum Gasteiger partial charge on any atom is 0.472 e. The second kappa shape index (κ2) is 67.3. The summed E-state index contributed by atoms with van der Waals surface area (Å²) in [6.07, 6.45) is 101. The fourth-order valence-electron chi connectivity index (χ4n) is 10.3. The highest BCUT2D eigenvalue weighted by molar-refractivity contribution is 7.47. The molecule has 0 saturated heterocycles. The summed E-state index contributed by atoms with van der Waals surface area (Å²) in [6, 6.07) is -0.872. The lowest BCUT2D eigenvalue weighted by atomic mass is 10.0. The number of phosphoric ester groups is 1. The second-order valence-electron chi connectivity index (χ2n) is 25.6. The van der Waals surface area contributed by atoms with Gasteiger partial charge >= 0.3 is 7.82 Å². The van der Waals surface area contributed by atoms with Crippen LogP contribution in [0.4, 0.5) is 0 Å². The molecule has 0 aliphatic rings. The Morgan fingerprint density at radius 2 is 0.701 bits per heavy atom. The number of unbranched alkanes of at least 4 members (excludes halogenated alkanes) is 35. The molecule has 3 unspecified atom stereocenters. The minimum absolute atomic E-state index is 0.0522. The number of amides is 1. The normalized spacial score (nSPS) is 14.3. The quantitative estimate of drug-likeness (QED) is 0.0243. The van der Waals surface area contributed by atoms with Gasteiger partial charge in [-0.1, -0.05) is 334 Å². The number of allylic oxidation sites excluding steroid dienone is 19. The maximum atomic E-state index is 13.1. The molecule has 0 rings (SSSR count). The van der Waals surface area contributed by atoms with E-state index in [0.717, 1.165) is 89.9 Å². The van der Waals surface area contributed by atoms with Crippen LogP contribution < -0.4 is 5.32 Å². The van der Waals surface area contributed by atoms with Crippen LogP contribution in [0.2, 0.25) is 0 Å². The molecule has 0 bridgehead atoms. The van der Waals surface area contributed by atoms with Crippen LogP contribution in [0, 0.1) is 0 Å². The van der Waals surface area contributed by atoms with Gasteiger partial charge in [0.25, 0.3) is 0 Å². The lowest BCUT2D eigenvalue weighted by molar-refractivity contribution is -0.870. The lowest BCUT2D eigenvalue weighted by Gasteiger charge is -2.25. The van der Waals surface area contributed by atoms with Gasteiger partial charge in [-0.25, -0.2) is 4.57 Å². The van der Waals surface area contributed by atoms with E-state index < -0.39 is 20.0 Å². The summed E-state index contributed by atoms with van der Waals surface area (Å²) in [5.41, 5.74) is 0. The van der Waals surface area contributed by atoms with E-state index in [-0.39, 0.29) is 19.1 Å². The number of aliphatic hydroxyl groups excluding tert-OH is 1. The number of likely N-dealkylation sites (N-methyl/N-ethyl adjacent to an activating group) is 1. The number of rotatable bonds is 66. The molecule has 0 aliphatic carbocycles. The summed E-state index contributed by atoms with van der Waals surface area (Å²) < 4.78 is 23.8. The Kier molecular flexibility index (Phi) is 64.9. The first-order valence-electron chi connectivity index (χ1n) is 36.4. The van der Waals surface area contributed by atoms with E-state index in [4.69, 9.17) is 9.05 Å². The number of quaternary nitrogens is 1. The monoisotopic (exact) mass is 1230 g/mol. The standard InChI is InChI=1S/C78H139N2O6P/c1-6-8-10-12-14-16-18-20-22-24-26-28-30-32-34-35-36-37-38-39-40-41-42-43-44-45-46-48-50-52-54-56-58-60-62-64-66-68-70-72-78(82)79-76(75-86-87(83,84)85-74-73-80(3,4)5)77(81)71-69-67-65-63-61-59-57-55-53-51-49-47-33-31-29-27-25-23-21-19-17-15-13-11-9-7-2/h8,10,14,16,20,22,26,28,32,34,36-37,39-40,42-43,61,63,69,71,76-77,81H,6-7,9,11-13,15,17-19,21,23-25,27,29-31,33,35,38,41,44-60,62,64-68,70,72-75H2,1-5H3,(H-,79,82,83,84)/p+1/b10-8-,16-14-,22-20-,28-26-,34-32-,37-36-,40-39-,43-42-,63-61+,71-69+. The van der Waals surface area contributed by atoms with Crippen molar-refractivity contribution >= 4 is 13.7 Å². The predicted octanol–water partition coefficient (Wildman–Crippen LogP) is 23.6. The molecule has 0 spiro atoms. The summed E-state index contributed by atoms with van der Waals surface area (Å²) in [4.78, 5) is 23.4. The third kappa shape index (κ3) is 70.2. The van der Waals surface area contributed by atoms with Crippen LogP contribution in [-0.2, 0) is 18.4 Å². The number of phosphoric acid groups is 1. The molecule has 0 heterocycles. The van der Waals surface area contributed by atoms with Gasteiger partial charge in [-0.15, -0.1) is 0 Å². The SMILES string of the molecule is CC/C=C\C/C=C\C/C=C\C/C=C\C/C=C\C/C=C\C/C=C\C/C=C\CCCCCCCCCCCCCCCCC(=O)NC(COP(=O)(O)OCC[N+](C)(C)C)C(O)/C=C/CC/C=C/CCCCCCCCCCCCCCCCCCCCCC. The molecule has 1 amide bonds. The van der Waals surface area contributed by atoms with Crippen LogP contribution >= 0.6 is 7.82 Å². The molecule has 0 aromatic rings. The molecule has 0 aromatic heterocycles. The number of nitrogens with one attached hydrogen (secondary N) is 1. The Morgan fingerprint density at radius 3 is 1.06 bits per heavy atom. The van der Waals surface area contributed by atoms with Crippen molar-refractivity contribution in [2.24, 2.45) is 0 Å². The topological polar surface area (TPSA) is 105 Å². The van der Waals surface area contributed by atoms with Gasteiger partial charge in [0.05, 0.1) is 39.9 Å². The third-order valence-electron chi connectivity index (χ3n) is 15.9. The highest BCUT2D eigenvalue weighted by Crippen LogP contribution is 2.43. The fraction of sp³-hybridized carbons (Fsp3) is 0.731. The molecule has 0 saturated carbocycles. The van der Waals surface area contributed by atoms with Gasteiger partial charge in [-0.05, 0) is 96.3 Å². The van der Waals surface area contributed by atoms with E-state index in [1.807, 2.05) is 27.2 Å². The Balaban J connectivity index is 4.09. The van der Waals surface area contributed by atoms with E-state index in [1.54, 1.807) is 6.08 Å². The first kappa shape index (κ1) is 83.9. The van der Waals surface area contributed by atoms with E-state index in [1.165, 1.54) is 205 Å². The van der Waals surface area contributed by atoms with Crippen LogP contribution in [-0.4, -0.2) is 73.4 Å². The van der Waals surface area contributed by atoms with Crippen LogP contribution in [0.25, 0.3) is 0 Å². The molecule has 87 heavy (non-hydrogen) atoms. The number of hydrogen-bond acceptors (Lipinski definition) is 5. The van der Waals surface area contributed by atoms with E-state index >= 15 is 0 Å². The van der Waals surface area contributed by atoms with Crippen molar-refractivity contribution in [1.29, 1.82) is 0 Å². The zero-order valence-electron chi connectivity index (χ0n) is 57.5. The number of carbonyl (C=O) groups is 1. The summed E-state index contributed by atoms with van der Waals surface area (Å²) in [5, 5.41) is 14.0. The minimum atomic E-state index is -4.37. The average Bonchev–Trinajstić information content (AvgIpc) is 3.69. The first-order valence-corrected chi connectivity index (χ1v) is 37.9. The zero-order valence-corrected chi connectivity index (χ0v) is 58.4. The van der Waals surface area contributed by atoms with E-state index in [2.05, 4.69) is 129 Å². The van der Waals surface area contributed by atoms with Gasteiger partial charge < -0.3 is 19.8 Å². The average molecular weight is 1230 g/mol. The largest absolute Gasteiger partial charge is 0.472 e.